The van der Waals surface area contributed by atoms with Gasteiger partial charge in [0.15, 0.2) is 5.65 Å². The van der Waals surface area contributed by atoms with Crippen LogP contribution in [-0.2, 0) is 0 Å². The molecule has 1 aromatic carbocycles. The van der Waals surface area contributed by atoms with E-state index in [0.717, 1.165) is 22.5 Å². The van der Waals surface area contributed by atoms with Crippen molar-refractivity contribution >= 4 is 5.65 Å². The number of fused-ring (bicyclic) bond motifs is 1. The topological polar surface area (TPSA) is 63.1 Å². The molecule has 118 valence electrons. The molecule has 0 radical (unpaired) electrons. The van der Waals surface area contributed by atoms with Gasteiger partial charge in [0.05, 0.1) is 17.1 Å². The van der Waals surface area contributed by atoms with E-state index in [2.05, 4.69) is 15.1 Å². The van der Waals surface area contributed by atoms with E-state index in [0.29, 0.717) is 11.3 Å². The number of nitrogens with zero attached hydrogens (tertiary/aromatic N) is 3. The molecule has 0 saturated carbocycles. The minimum absolute atomic E-state index is 0.154. The van der Waals surface area contributed by atoms with Gasteiger partial charge in [0, 0.05) is 18.3 Å². The van der Waals surface area contributed by atoms with Gasteiger partial charge in [-0.3, -0.25) is 14.9 Å². The number of hydrogen-bond donors (Lipinski definition) is 1. The fourth-order valence-electron chi connectivity index (χ4n) is 2.75. The second kappa shape index (κ2) is 5.45. The summed E-state index contributed by atoms with van der Waals surface area (Å²) in [6, 6.07) is 15.4. The van der Waals surface area contributed by atoms with Crippen molar-refractivity contribution in [1.82, 2.24) is 19.6 Å². The lowest BCUT2D eigenvalue weighted by Gasteiger charge is -2.03. The molecule has 0 aliphatic heterocycles. The molecule has 0 spiro atoms. The van der Waals surface area contributed by atoms with Crippen LogP contribution in [0.4, 0.5) is 0 Å². The van der Waals surface area contributed by atoms with Crippen LogP contribution in [0.1, 0.15) is 11.1 Å². The van der Waals surface area contributed by atoms with Crippen LogP contribution in [-0.4, -0.2) is 19.6 Å². The Bertz CT molecular complexity index is 1090. The van der Waals surface area contributed by atoms with Crippen LogP contribution in [0, 0.1) is 13.8 Å². The van der Waals surface area contributed by atoms with E-state index in [1.807, 2.05) is 56.3 Å². The van der Waals surface area contributed by atoms with Crippen molar-refractivity contribution in [1.29, 1.82) is 0 Å². The van der Waals surface area contributed by atoms with Crippen LogP contribution in [0.3, 0.4) is 0 Å². The third kappa shape index (κ3) is 2.40. The quantitative estimate of drug-likeness (QED) is 0.617. The lowest BCUT2D eigenvalue weighted by Crippen LogP contribution is -2.14. The molecule has 0 saturated heterocycles. The first kappa shape index (κ1) is 14.4. The standard InChI is InChI=1S/C19H16N4O/c1-12-5-7-14(8-6-12)15-10-17-21-16(11-18(24)23(17)22-15)19-13(2)4-3-9-20-19/h3-11,22H,1-2H3. The molecule has 3 aromatic heterocycles. The van der Waals surface area contributed by atoms with Gasteiger partial charge in [0.1, 0.15) is 0 Å². The summed E-state index contributed by atoms with van der Waals surface area (Å²) < 4.78 is 1.46. The van der Waals surface area contributed by atoms with E-state index in [-0.39, 0.29) is 5.56 Å². The maximum Gasteiger partial charge on any atom is 0.273 e. The van der Waals surface area contributed by atoms with Crippen molar-refractivity contribution < 1.29 is 0 Å². The second-order valence-corrected chi connectivity index (χ2v) is 5.88. The van der Waals surface area contributed by atoms with Crippen molar-refractivity contribution in [2.24, 2.45) is 0 Å². The number of rotatable bonds is 2. The Morgan fingerprint density at radius 1 is 1.04 bits per heavy atom. The van der Waals surface area contributed by atoms with Crippen LogP contribution < -0.4 is 5.56 Å². The fraction of sp³-hybridized carbons (Fsp3) is 0.105. The van der Waals surface area contributed by atoms with Gasteiger partial charge in [-0.1, -0.05) is 35.9 Å². The molecule has 0 aliphatic carbocycles. The molecular formula is C19H16N4O. The molecule has 4 aromatic rings. The Morgan fingerprint density at radius 2 is 1.83 bits per heavy atom. The van der Waals surface area contributed by atoms with E-state index < -0.39 is 0 Å². The van der Waals surface area contributed by atoms with Gasteiger partial charge in [-0.2, -0.15) is 0 Å². The highest BCUT2D eigenvalue weighted by Crippen LogP contribution is 2.21. The van der Waals surface area contributed by atoms with Crippen molar-refractivity contribution in [2.75, 3.05) is 0 Å². The highest BCUT2D eigenvalue weighted by Gasteiger charge is 2.11. The van der Waals surface area contributed by atoms with Crippen molar-refractivity contribution in [3.63, 3.8) is 0 Å². The van der Waals surface area contributed by atoms with Crippen LogP contribution >= 0.6 is 0 Å². The predicted molar refractivity (Wildman–Crippen MR) is 94.0 cm³/mol. The monoisotopic (exact) mass is 316 g/mol. The SMILES string of the molecule is Cc1ccc(-c2cc3nc(-c4ncccc4C)cc(=O)n3[nH]2)cc1. The Balaban J connectivity index is 1.89. The molecule has 3 heterocycles. The van der Waals surface area contributed by atoms with E-state index >= 15 is 0 Å². The first-order chi connectivity index (χ1) is 11.6. The minimum atomic E-state index is -0.154. The first-order valence-corrected chi connectivity index (χ1v) is 7.74. The molecule has 4 rings (SSSR count). The molecule has 1 N–H and O–H groups in total. The van der Waals surface area contributed by atoms with Gasteiger partial charge in [0.2, 0.25) is 0 Å². The molecule has 0 fully saturated rings. The maximum atomic E-state index is 12.4. The summed E-state index contributed by atoms with van der Waals surface area (Å²) in [4.78, 5) is 21.4. The highest BCUT2D eigenvalue weighted by molar-refractivity contribution is 5.67. The lowest BCUT2D eigenvalue weighted by atomic mass is 10.1. The predicted octanol–water partition coefficient (Wildman–Crippen LogP) is 3.37. The van der Waals surface area contributed by atoms with Gasteiger partial charge in [-0.15, -0.1) is 0 Å². The largest absolute Gasteiger partial charge is 0.289 e. The average Bonchev–Trinajstić information content (AvgIpc) is 3.00. The summed E-state index contributed by atoms with van der Waals surface area (Å²) in [5.41, 5.74) is 5.80. The van der Waals surface area contributed by atoms with E-state index in [9.17, 15) is 4.79 Å². The summed E-state index contributed by atoms with van der Waals surface area (Å²) in [7, 11) is 0. The van der Waals surface area contributed by atoms with Crippen LogP contribution in [0.2, 0.25) is 0 Å². The Labute approximate surface area is 138 Å². The van der Waals surface area contributed by atoms with Crippen LogP contribution in [0.5, 0.6) is 0 Å². The number of pyridine rings is 1. The van der Waals surface area contributed by atoms with Crippen LogP contribution in [0.15, 0.2) is 59.5 Å². The lowest BCUT2D eigenvalue weighted by molar-refractivity contribution is 0.903. The normalized spacial score (nSPS) is 11.1. The summed E-state index contributed by atoms with van der Waals surface area (Å²) in [5, 5.41) is 3.11. The number of H-pyrrole nitrogens is 1. The van der Waals surface area contributed by atoms with Gasteiger partial charge >= 0.3 is 0 Å². The van der Waals surface area contributed by atoms with E-state index in [1.54, 1.807) is 6.20 Å². The summed E-state index contributed by atoms with van der Waals surface area (Å²) in [6.45, 7) is 4.00. The van der Waals surface area contributed by atoms with Crippen LogP contribution in [0.25, 0.3) is 28.3 Å². The van der Waals surface area contributed by atoms with Crippen molar-refractivity contribution in [3.05, 3.63) is 76.2 Å². The molecule has 0 aliphatic rings. The van der Waals surface area contributed by atoms with Gasteiger partial charge < -0.3 is 0 Å². The second-order valence-electron chi connectivity index (χ2n) is 5.88. The smallest absolute Gasteiger partial charge is 0.273 e. The number of aromatic nitrogens is 4. The minimum Gasteiger partial charge on any atom is -0.289 e. The van der Waals surface area contributed by atoms with E-state index in [4.69, 9.17) is 0 Å². The number of aromatic amines is 1. The summed E-state index contributed by atoms with van der Waals surface area (Å²) in [6.07, 6.45) is 1.71. The summed E-state index contributed by atoms with van der Waals surface area (Å²) in [5.74, 6) is 0. The maximum absolute atomic E-state index is 12.4. The van der Waals surface area contributed by atoms with E-state index in [1.165, 1.54) is 16.1 Å². The average molecular weight is 316 g/mol. The molecule has 0 amide bonds. The number of hydrogen-bond acceptors (Lipinski definition) is 3. The zero-order valence-electron chi connectivity index (χ0n) is 13.4. The van der Waals surface area contributed by atoms with Gasteiger partial charge in [0.25, 0.3) is 5.56 Å². The summed E-state index contributed by atoms with van der Waals surface area (Å²) >= 11 is 0. The fourth-order valence-corrected chi connectivity index (χ4v) is 2.75. The third-order valence-electron chi connectivity index (χ3n) is 4.07. The zero-order valence-corrected chi connectivity index (χ0v) is 13.4. The Morgan fingerprint density at radius 3 is 2.58 bits per heavy atom. The number of nitrogens with one attached hydrogen (secondary N) is 1. The molecule has 0 atom stereocenters. The molecule has 5 heteroatoms. The van der Waals surface area contributed by atoms with Gasteiger partial charge in [-0.05, 0) is 31.0 Å². The third-order valence-corrected chi connectivity index (χ3v) is 4.07. The molecule has 5 nitrogen and oxygen atoms in total. The molecule has 24 heavy (non-hydrogen) atoms. The van der Waals surface area contributed by atoms with Gasteiger partial charge in [-0.25, -0.2) is 9.50 Å². The Hall–Kier alpha value is -3.21. The molecule has 0 unspecified atom stereocenters. The molecular weight excluding hydrogens is 300 g/mol. The van der Waals surface area contributed by atoms with Crippen molar-refractivity contribution in [2.45, 2.75) is 13.8 Å². The molecule has 0 bridgehead atoms. The number of aryl methyl sites for hydroxylation is 2. The Kier molecular flexibility index (Phi) is 3.27. The van der Waals surface area contributed by atoms with Crippen molar-refractivity contribution in [3.8, 4) is 22.6 Å². The first-order valence-electron chi connectivity index (χ1n) is 7.74. The zero-order chi connectivity index (χ0) is 16.7. The highest BCUT2D eigenvalue weighted by atomic mass is 16.1. The number of benzene rings is 1.